The number of aromatic nitrogens is 1. The highest BCUT2D eigenvalue weighted by Crippen LogP contribution is 2.31. The van der Waals surface area contributed by atoms with Crippen LogP contribution in [-0.2, 0) is 11.0 Å². The van der Waals surface area contributed by atoms with Crippen molar-refractivity contribution in [2.24, 2.45) is 5.92 Å². The molecule has 0 saturated carbocycles. The summed E-state index contributed by atoms with van der Waals surface area (Å²) in [6.07, 6.45) is -4.05. The smallest absolute Gasteiger partial charge is 0.431 e. The predicted octanol–water partition coefficient (Wildman–Crippen LogP) is 1.04. The van der Waals surface area contributed by atoms with Gasteiger partial charge in [-0.15, -0.1) is 0 Å². The SMILES string of the molecule is O=C1CC(CO)CN1c1nc(C(F)(F)F)co1. The first kappa shape index (κ1) is 11.9. The number of anilines is 1. The average Bonchev–Trinajstić information content (AvgIpc) is 2.82. The Bertz CT molecular complexity index is 429. The summed E-state index contributed by atoms with van der Waals surface area (Å²) in [5, 5.41) is 8.87. The molecule has 1 unspecified atom stereocenters. The maximum atomic E-state index is 12.3. The quantitative estimate of drug-likeness (QED) is 0.851. The Morgan fingerprint density at radius 2 is 2.29 bits per heavy atom. The first-order chi connectivity index (χ1) is 7.91. The zero-order chi connectivity index (χ0) is 12.6. The molecular weight excluding hydrogens is 241 g/mol. The van der Waals surface area contributed by atoms with Crippen molar-refractivity contribution in [1.82, 2.24) is 4.98 Å². The Labute approximate surface area is 93.8 Å². The van der Waals surface area contributed by atoms with E-state index in [-0.39, 0.29) is 31.5 Å². The summed E-state index contributed by atoms with van der Waals surface area (Å²) >= 11 is 0. The van der Waals surface area contributed by atoms with Crippen LogP contribution in [0.4, 0.5) is 19.2 Å². The molecule has 1 atom stereocenters. The lowest BCUT2D eigenvalue weighted by atomic mass is 10.1. The highest BCUT2D eigenvalue weighted by atomic mass is 19.4. The minimum absolute atomic E-state index is 0.0836. The van der Waals surface area contributed by atoms with Crippen LogP contribution in [0.15, 0.2) is 10.7 Å². The molecule has 1 fully saturated rings. The highest BCUT2D eigenvalue weighted by molar-refractivity contribution is 5.93. The van der Waals surface area contributed by atoms with E-state index in [1.807, 2.05) is 0 Å². The van der Waals surface area contributed by atoms with Gasteiger partial charge in [0.1, 0.15) is 6.26 Å². The molecule has 1 aliphatic rings. The number of rotatable bonds is 2. The largest absolute Gasteiger partial charge is 0.436 e. The predicted molar refractivity (Wildman–Crippen MR) is 49.1 cm³/mol. The Morgan fingerprint density at radius 3 is 2.76 bits per heavy atom. The molecule has 1 amide bonds. The lowest BCUT2D eigenvalue weighted by Crippen LogP contribution is -2.25. The van der Waals surface area contributed by atoms with E-state index in [1.54, 1.807) is 0 Å². The molecule has 1 N–H and O–H groups in total. The van der Waals surface area contributed by atoms with Crippen LogP contribution in [0, 0.1) is 5.92 Å². The van der Waals surface area contributed by atoms with Gasteiger partial charge in [0, 0.05) is 25.5 Å². The van der Waals surface area contributed by atoms with Gasteiger partial charge in [0.15, 0.2) is 5.69 Å². The minimum Gasteiger partial charge on any atom is -0.431 e. The number of carbonyl (C=O) groups is 1. The van der Waals surface area contributed by atoms with Crippen LogP contribution in [0.1, 0.15) is 12.1 Å². The van der Waals surface area contributed by atoms with E-state index in [1.165, 1.54) is 0 Å². The third-order valence-corrected chi connectivity index (χ3v) is 2.48. The van der Waals surface area contributed by atoms with Crippen LogP contribution < -0.4 is 4.90 Å². The fourth-order valence-electron chi connectivity index (χ4n) is 1.61. The van der Waals surface area contributed by atoms with Gasteiger partial charge in [-0.05, 0) is 0 Å². The van der Waals surface area contributed by atoms with Gasteiger partial charge < -0.3 is 9.52 Å². The molecule has 1 saturated heterocycles. The summed E-state index contributed by atoms with van der Waals surface area (Å²) in [5.74, 6) is -0.691. The fraction of sp³-hybridized carbons (Fsp3) is 0.556. The van der Waals surface area contributed by atoms with E-state index < -0.39 is 17.8 Å². The molecule has 0 spiro atoms. The number of hydrogen-bond donors (Lipinski definition) is 1. The molecule has 2 heterocycles. The number of alkyl halides is 3. The number of amides is 1. The first-order valence-corrected chi connectivity index (χ1v) is 4.85. The van der Waals surface area contributed by atoms with E-state index >= 15 is 0 Å². The Kier molecular flexibility index (Phi) is 2.82. The van der Waals surface area contributed by atoms with Crippen molar-refractivity contribution in [3.8, 4) is 0 Å². The number of oxazole rings is 1. The van der Waals surface area contributed by atoms with Crippen LogP contribution in [0.3, 0.4) is 0 Å². The molecule has 0 radical (unpaired) electrons. The van der Waals surface area contributed by atoms with Gasteiger partial charge in [0.05, 0.1) is 0 Å². The van der Waals surface area contributed by atoms with Crippen molar-refractivity contribution in [3.63, 3.8) is 0 Å². The normalized spacial score (nSPS) is 21.3. The number of aliphatic hydroxyl groups is 1. The fourth-order valence-corrected chi connectivity index (χ4v) is 1.61. The van der Waals surface area contributed by atoms with Crippen LogP contribution >= 0.6 is 0 Å². The van der Waals surface area contributed by atoms with Gasteiger partial charge in [-0.2, -0.15) is 18.2 Å². The molecule has 8 heteroatoms. The lowest BCUT2D eigenvalue weighted by Gasteiger charge is -2.10. The van der Waals surface area contributed by atoms with Gasteiger partial charge in [0.25, 0.3) is 0 Å². The third kappa shape index (κ3) is 2.26. The summed E-state index contributed by atoms with van der Waals surface area (Å²) < 4.78 is 41.4. The van der Waals surface area contributed by atoms with Gasteiger partial charge in [-0.25, -0.2) is 0 Å². The van der Waals surface area contributed by atoms with Crippen molar-refractivity contribution >= 4 is 11.9 Å². The van der Waals surface area contributed by atoms with Crippen LogP contribution in [0.5, 0.6) is 0 Å². The topological polar surface area (TPSA) is 66.6 Å². The van der Waals surface area contributed by atoms with Crippen LogP contribution in [0.25, 0.3) is 0 Å². The van der Waals surface area contributed by atoms with Crippen LogP contribution in [0.2, 0.25) is 0 Å². The second kappa shape index (κ2) is 4.02. The number of hydrogen-bond acceptors (Lipinski definition) is 4. The standard InChI is InChI=1S/C9H9F3N2O3/c10-9(11,12)6-4-17-8(13-6)14-2-5(3-15)1-7(14)16/h4-5,15H,1-3H2. The molecule has 2 rings (SSSR count). The molecule has 1 aromatic rings. The molecule has 0 aliphatic carbocycles. The lowest BCUT2D eigenvalue weighted by molar-refractivity contribution is -0.141. The summed E-state index contributed by atoms with van der Waals surface area (Å²) in [6, 6.07) is -0.377. The highest BCUT2D eigenvalue weighted by Gasteiger charge is 2.38. The van der Waals surface area contributed by atoms with Gasteiger partial charge in [0.2, 0.25) is 5.91 Å². The van der Waals surface area contributed by atoms with Gasteiger partial charge in [-0.1, -0.05) is 0 Å². The molecule has 1 aliphatic heterocycles. The zero-order valence-corrected chi connectivity index (χ0v) is 8.57. The molecule has 1 aromatic heterocycles. The first-order valence-electron chi connectivity index (χ1n) is 4.85. The Balaban J connectivity index is 2.19. The summed E-state index contributed by atoms with van der Waals surface area (Å²) in [7, 11) is 0. The maximum absolute atomic E-state index is 12.3. The molecule has 0 bridgehead atoms. The van der Waals surface area contributed by atoms with Crippen molar-refractivity contribution in [1.29, 1.82) is 0 Å². The van der Waals surface area contributed by atoms with Crippen molar-refractivity contribution < 1.29 is 27.5 Å². The van der Waals surface area contributed by atoms with E-state index in [2.05, 4.69) is 9.40 Å². The van der Waals surface area contributed by atoms with E-state index in [0.29, 0.717) is 6.26 Å². The van der Waals surface area contributed by atoms with E-state index in [4.69, 9.17) is 5.11 Å². The second-order valence-electron chi connectivity index (χ2n) is 3.77. The van der Waals surface area contributed by atoms with Crippen molar-refractivity contribution in [2.75, 3.05) is 18.1 Å². The maximum Gasteiger partial charge on any atom is 0.436 e. The average molecular weight is 250 g/mol. The molecular formula is C9H9F3N2O3. The number of halogens is 3. The van der Waals surface area contributed by atoms with Crippen molar-refractivity contribution in [3.05, 3.63) is 12.0 Å². The second-order valence-corrected chi connectivity index (χ2v) is 3.77. The third-order valence-electron chi connectivity index (χ3n) is 2.48. The molecule has 94 valence electrons. The summed E-state index contributed by atoms with van der Waals surface area (Å²) in [4.78, 5) is 15.7. The van der Waals surface area contributed by atoms with Crippen LogP contribution in [-0.4, -0.2) is 29.1 Å². The summed E-state index contributed by atoms with van der Waals surface area (Å²) in [5.41, 5.74) is -1.17. The Hall–Kier alpha value is -1.57. The number of carbonyl (C=O) groups excluding carboxylic acids is 1. The Morgan fingerprint density at radius 1 is 1.59 bits per heavy atom. The van der Waals surface area contributed by atoms with Crippen molar-refractivity contribution in [2.45, 2.75) is 12.6 Å². The summed E-state index contributed by atoms with van der Waals surface area (Å²) in [6.45, 7) is -0.0811. The zero-order valence-electron chi connectivity index (χ0n) is 8.57. The number of nitrogens with zero attached hydrogens (tertiary/aromatic N) is 2. The molecule has 17 heavy (non-hydrogen) atoms. The van der Waals surface area contributed by atoms with Gasteiger partial charge >= 0.3 is 12.2 Å². The van der Waals surface area contributed by atoms with E-state index in [0.717, 1.165) is 4.90 Å². The van der Waals surface area contributed by atoms with E-state index in [9.17, 15) is 18.0 Å². The molecule has 5 nitrogen and oxygen atoms in total. The molecule has 0 aromatic carbocycles. The number of aliphatic hydroxyl groups excluding tert-OH is 1. The minimum atomic E-state index is -4.60. The monoisotopic (exact) mass is 250 g/mol. The van der Waals surface area contributed by atoms with Gasteiger partial charge in [-0.3, -0.25) is 9.69 Å².